The lowest BCUT2D eigenvalue weighted by Crippen LogP contribution is -2.51. The molecule has 7 heteroatoms. The molecule has 0 bridgehead atoms. The smallest absolute Gasteiger partial charge is 0.306 e. The molecule has 0 unspecified atom stereocenters. The Balaban J connectivity index is 2.80. The summed E-state index contributed by atoms with van der Waals surface area (Å²) in [6.07, 6.45) is 0.0903. The van der Waals surface area contributed by atoms with Crippen LogP contribution in [0.15, 0.2) is 0 Å². The monoisotopic (exact) mass is 343 g/mol. The van der Waals surface area contributed by atoms with Gasteiger partial charge in [-0.3, -0.25) is 14.4 Å². The highest BCUT2D eigenvalue weighted by Gasteiger charge is 2.42. The van der Waals surface area contributed by atoms with Gasteiger partial charge in [0.2, 0.25) is 0 Å². The molecule has 0 aromatic carbocycles. The second-order valence-electron chi connectivity index (χ2n) is 5.66. The van der Waals surface area contributed by atoms with Gasteiger partial charge in [0.25, 0.3) is 0 Å². The largest absolute Gasteiger partial charge is 0.456 e. The van der Waals surface area contributed by atoms with Gasteiger partial charge >= 0.3 is 17.9 Å². The van der Waals surface area contributed by atoms with Gasteiger partial charge in [-0.15, -0.1) is 0 Å². The summed E-state index contributed by atoms with van der Waals surface area (Å²) in [7, 11) is 0. The van der Waals surface area contributed by atoms with Crippen LogP contribution in [0, 0.1) is 6.61 Å². The zero-order valence-electron chi connectivity index (χ0n) is 14.6. The Morgan fingerprint density at radius 3 is 1.92 bits per heavy atom. The molecule has 0 spiro atoms. The third-order valence-corrected chi connectivity index (χ3v) is 3.36. The zero-order valence-corrected chi connectivity index (χ0v) is 14.6. The van der Waals surface area contributed by atoms with Gasteiger partial charge in [-0.1, -0.05) is 20.8 Å². The second-order valence-corrected chi connectivity index (χ2v) is 5.66. The first-order chi connectivity index (χ1) is 11.5. The molecule has 0 amide bonds. The van der Waals surface area contributed by atoms with Crippen molar-refractivity contribution in [3.63, 3.8) is 0 Å². The molecule has 137 valence electrons. The average Bonchev–Trinajstić information content (AvgIpc) is 2.51. The van der Waals surface area contributed by atoms with E-state index in [9.17, 15) is 14.4 Å². The van der Waals surface area contributed by atoms with Crippen molar-refractivity contribution in [2.24, 2.45) is 0 Å². The number of carbonyl (C=O) groups is 3. The maximum atomic E-state index is 11.9. The second kappa shape index (κ2) is 11.0. The number of rotatable bonds is 9. The fraction of sp³-hybridized carbons (Fsp3) is 0.765. The van der Waals surface area contributed by atoms with E-state index in [-0.39, 0.29) is 25.9 Å². The first-order valence-electron chi connectivity index (χ1n) is 8.55. The molecule has 0 N–H and O–H groups in total. The van der Waals surface area contributed by atoms with Gasteiger partial charge in [0.05, 0.1) is 6.61 Å². The first kappa shape index (κ1) is 20.4. The third kappa shape index (κ3) is 6.86. The molecule has 7 nitrogen and oxygen atoms in total. The Morgan fingerprint density at radius 2 is 1.38 bits per heavy atom. The van der Waals surface area contributed by atoms with E-state index in [1.807, 2.05) is 20.8 Å². The fourth-order valence-corrected chi connectivity index (χ4v) is 2.23. The van der Waals surface area contributed by atoms with Crippen LogP contribution in [0.1, 0.15) is 59.3 Å². The van der Waals surface area contributed by atoms with Crippen molar-refractivity contribution < 1.29 is 33.3 Å². The van der Waals surface area contributed by atoms with Gasteiger partial charge in [0.1, 0.15) is 6.61 Å². The van der Waals surface area contributed by atoms with Crippen molar-refractivity contribution in [3.8, 4) is 0 Å². The van der Waals surface area contributed by atoms with Gasteiger partial charge in [-0.2, -0.15) is 0 Å². The van der Waals surface area contributed by atoms with Crippen LogP contribution in [-0.2, 0) is 33.3 Å². The molecule has 0 saturated carbocycles. The summed E-state index contributed by atoms with van der Waals surface area (Å²) in [4.78, 5) is 35.4. The Hall–Kier alpha value is -1.63. The van der Waals surface area contributed by atoms with Crippen molar-refractivity contribution in [3.05, 3.63) is 6.61 Å². The van der Waals surface area contributed by atoms with Crippen molar-refractivity contribution in [2.75, 3.05) is 6.61 Å². The Morgan fingerprint density at radius 1 is 0.875 bits per heavy atom. The minimum atomic E-state index is -0.891. The maximum absolute atomic E-state index is 11.9. The molecule has 24 heavy (non-hydrogen) atoms. The Kier molecular flexibility index (Phi) is 9.37. The zero-order chi connectivity index (χ0) is 17.9. The lowest BCUT2D eigenvalue weighted by molar-refractivity contribution is -0.201. The van der Waals surface area contributed by atoms with E-state index < -0.39 is 36.2 Å². The standard InChI is InChI=1S/C17H27O7/c1-4-7-14(18)22-12-10-21-11-13(23-15(19)8-5-2)17(12)24-16(20)9-6-3/h10,12-13,17H,4-9,11H2,1-3H3/t12-,13+,17+/m1/s1. The normalized spacial score (nSPS) is 23.4. The summed E-state index contributed by atoms with van der Waals surface area (Å²) in [5.74, 6) is -1.24. The van der Waals surface area contributed by atoms with Gasteiger partial charge < -0.3 is 18.9 Å². The van der Waals surface area contributed by atoms with E-state index >= 15 is 0 Å². The van der Waals surface area contributed by atoms with Crippen LogP contribution < -0.4 is 0 Å². The number of ether oxygens (including phenoxy) is 4. The van der Waals surface area contributed by atoms with Crippen molar-refractivity contribution in [1.29, 1.82) is 0 Å². The van der Waals surface area contributed by atoms with Crippen LogP contribution in [0.5, 0.6) is 0 Å². The van der Waals surface area contributed by atoms with Crippen molar-refractivity contribution in [1.82, 2.24) is 0 Å². The molecule has 0 aromatic rings. The summed E-state index contributed by atoms with van der Waals surface area (Å²) < 4.78 is 21.3. The van der Waals surface area contributed by atoms with Gasteiger partial charge in [0, 0.05) is 19.3 Å². The third-order valence-electron chi connectivity index (χ3n) is 3.36. The highest BCUT2D eigenvalue weighted by molar-refractivity contribution is 5.71. The van der Waals surface area contributed by atoms with E-state index in [0.29, 0.717) is 19.3 Å². The van der Waals surface area contributed by atoms with Crippen LogP contribution in [0.3, 0.4) is 0 Å². The van der Waals surface area contributed by atoms with E-state index in [1.165, 1.54) is 6.61 Å². The van der Waals surface area contributed by atoms with Gasteiger partial charge in [0.15, 0.2) is 18.3 Å². The first-order valence-corrected chi connectivity index (χ1v) is 8.55. The van der Waals surface area contributed by atoms with Crippen LogP contribution in [0.2, 0.25) is 0 Å². The Labute approximate surface area is 143 Å². The molecular weight excluding hydrogens is 316 g/mol. The molecule has 3 atom stereocenters. The minimum absolute atomic E-state index is 0.0569. The highest BCUT2D eigenvalue weighted by atomic mass is 16.6. The predicted molar refractivity (Wildman–Crippen MR) is 84.6 cm³/mol. The number of hydrogen-bond donors (Lipinski definition) is 0. The van der Waals surface area contributed by atoms with E-state index in [1.54, 1.807) is 0 Å². The Bertz CT molecular complexity index is 393. The minimum Gasteiger partial charge on any atom is -0.456 e. The molecular formula is C17H27O7. The maximum Gasteiger partial charge on any atom is 0.306 e. The molecule has 0 aromatic heterocycles. The topological polar surface area (TPSA) is 88.1 Å². The van der Waals surface area contributed by atoms with Crippen LogP contribution in [-0.4, -0.2) is 42.8 Å². The summed E-state index contributed by atoms with van der Waals surface area (Å²) in [6.45, 7) is 6.95. The summed E-state index contributed by atoms with van der Waals surface area (Å²) in [5.41, 5.74) is 0. The summed E-state index contributed by atoms with van der Waals surface area (Å²) in [6, 6.07) is 0. The van der Waals surface area contributed by atoms with Crippen LogP contribution in [0.25, 0.3) is 0 Å². The quantitative estimate of drug-likeness (QED) is 0.469. The molecule has 1 radical (unpaired) electrons. The van der Waals surface area contributed by atoms with Gasteiger partial charge in [-0.05, 0) is 19.3 Å². The predicted octanol–water partition coefficient (Wildman–Crippen LogP) is 2.31. The lowest BCUT2D eigenvalue weighted by Gasteiger charge is -2.35. The van der Waals surface area contributed by atoms with E-state index in [4.69, 9.17) is 18.9 Å². The number of esters is 3. The number of carbonyl (C=O) groups excluding carboxylic acids is 3. The molecule has 0 aliphatic carbocycles. The van der Waals surface area contributed by atoms with Crippen molar-refractivity contribution in [2.45, 2.75) is 77.6 Å². The summed E-state index contributed by atoms with van der Waals surface area (Å²) >= 11 is 0. The van der Waals surface area contributed by atoms with Gasteiger partial charge in [-0.25, -0.2) is 0 Å². The van der Waals surface area contributed by atoms with Crippen molar-refractivity contribution >= 4 is 17.9 Å². The average molecular weight is 343 g/mol. The summed E-state index contributed by atoms with van der Waals surface area (Å²) in [5, 5.41) is 0. The van der Waals surface area contributed by atoms with Crippen LogP contribution in [0.4, 0.5) is 0 Å². The molecule has 1 heterocycles. The number of hydrogen-bond acceptors (Lipinski definition) is 7. The van der Waals surface area contributed by atoms with E-state index in [2.05, 4.69) is 0 Å². The fourth-order valence-electron chi connectivity index (χ4n) is 2.23. The molecule has 1 aliphatic heterocycles. The highest BCUT2D eigenvalue weighted by Crippen LogP contribution is 2.23. The lowest BCUT2D eigenvalue weighted by atomic mass is 10.1. The van der Waals surface area contributed by atoms with E-state index in [0.717, 1.165) is 0 Å². The molecule has 1 saturated heterocycles. The molecule has 1 aliphatic rings. The van der Waals surface area contributed by atoms with Crippen LogP contribution >= 0.6 is 0 Å². The SMILES string of the molecule is CCCC(=O)O[C@@H]1[C@@H](OC(=O)CCC)CO[CH][C@H]1OC(=O)CCC. The molecule has 1 fully saturated rings. The molecule has 1 rings (SSSR count).